The second-order valence-electron chi connectivity index (χ2n) is 5.63. The second kappa shape index (κ2) is 8.62. The Hall–Kier alpha value is -1.62. The number of hydrogen-bond acceptors (Lipinski definition) is 3. The van der Waals surface area contributed by atoms with E-state index >= 15 is 0 Å². The number of thiocarbonyl (C=S) groups is 1. The van der Waals surface area contributed by atoms with Gasteiger partial charge in [0.15, 0.2) is 11.7 Å². The Morgan fingerprint density at radius 1 is 1.24 bits per heavy atom. The topological polar surface area (TPSA) is 50.4 Å². The smallest absolute Gasteiger partial charge is 0.264 e. The van der Waals surface area contributed by atoms with E-state index < -0.39 is 0 Å². The van der Waals surface area contributed by atoms with Gasteiger partial charge in [0.25, 0.3) is 5.91 Å². The molecule has 21 heavy (non-hydrogen) atoms. The van der Waals surface area contributed by atoms with Crippen molar-refractivity contribution in [3.8, 4) is 5.75 Å². The van der Waals surface area contributed by atoms with Gasteiger partial charge in [-0.25, -0.2) is 0 Å². The van der Waals surface area contributed by atoms with Crippen molar-refractivity contribution >= 4 is 23.2 Å². The largest absolute Gasteiger partial charge is 0.483 e. The summed E-state index contributed by atoms with van der Waals surface area (Å²) in [4.78, 5) is 11.8. The Kier molecular flexibility index (Phi) is 7.15. The number of carbonyl (C=O) groups excluding carboxylic acids is 1. The molecular weight excluding hydrogens is 284 g/mol. The summed E-state index contributed by atoms with van der Waals surface area (Å²) in [6.45, 7) is 9.01. The number of amides is 1. The first-order chi connectivity index (χ1) is 9.90. The van der Waals surface area contributed by atoms with Crippen LogP contribution in [0.5, 0.6) is 5.75 Å². The molecule has 0 aromatic heterocycles. The van der Waals surface area contributed by atoms with Gasteiger partial charge in [-0.3, -0.25) is 4.79 Å². The Bertz CT molecular complexity index is 487. The number of ether oxygens (including phenoxy) is 1. The first-order valence-electron chi connectivity index (χ1n) is 7.19. The third-order valence-corrected chi connectivity index (χ3v) is 3.07. The standard InChI is InChI=1S/C16H24N2O2S/c1-11(2)9-17-16(21)18-15(19)10-20-14-8-6-5-7-13(14)12(3)4/h5-8,11-12H,9-10H2,1-4H3,(H2,17,18,19,21). The number of para-hydroxylation sites is 1. The molecule has 5 heteroatoms. The molecule has 4 nitrogen and oxygen atoms in total. The summed E-state index contributed by atoms with van der Waals surface area (Å²) in [5.41, 5.74) is 1.09. The van der Waals surface area contributed by atoms with E-state index in [2.05, 4.69) is 38.3 Å². The summed E-state index contributed by atoms with van der Waals surface area (Å²) in [5.74, 6) is 1.30. The average molecular weight is 308 g/mol. The zero-order valence-electron chi connectivity index (χ0n) is 13.1. The highest BCUT2D eigenvalue weighted by atomic mass is 32.1. The first kappa shape index (κ1) is 17.4. The van der Waals surface area contributed by atoms with E-state index in [0.717, 1.165) is 17.9 Å². The number of benzene rings is 1. The van der Waals surface area contributed by atoms with Gasteiger partial charge >= 0.3 is 0 Å². The monoisotopic (exact) mass is 308 g/mol. The highest BCUT2D eigenvalue weighted by molar-refractivity contribution is 7.80. The molecular formula is C16H24N2O2S. The minimum Gasteiger partial charge on any atom is -0.483 e. The van der Waals surface area contributed by atoms with Crippen LogP contribution in [0.4, 0.5) is 0 Å². The molecule has 0 aliphatic rings. The van der Waals surface area contributed by atoms with Crippen LogP contribution < -0.4 is 15.4 Å². The van der Waals surface area contributed by atoms with E-state index in [9.17, 15) is 4.79 Å². The second-order valence-corrected chi connectivity index (χ2v) is 6.04. The van der Waals surface area contributed by atoms with Gasteiger partial charge in [-0.05, 0) is 35.7 Å². The van der Waals surface area contributed by atoms with Crippen LogP contribution in [0, 0.1) is 5.92 Å². The van der Waals surface area contributed by atoms with E-state index in [1.54, 1.807) is 0 Å². The Balaban J connectivity index is 2.45. The van der Waals surface area contributed by atoms with Crippen LogP contribution in [-0.4, -0.2) is 24.2 Å². The average Bonchev–Trinajstić information content (AvgIpc) is 2.43. The van der Waals surface area contributed by atoms with E-state index in [4.69, 9.17) is 17.0 Å². The van der Waals surface area contributed by atoms with Gasteiger partial charge in [0, 0.05) is 6.54 Å². The third-order valence-electron chi connectivity index (χ3n) is 2.82. The lowest BCUT2D eigenvalue weighted by molar-refractivity contribution is -0.121. The minimum absolute atomic E-state index is 0.0484. The van der Waals surface area contributed by atoms with Crippen LogP contribution in [0.1, 0.15) is 39.2 Å². The summed E-state index contributed by atoms with van der Waals surface area (Å²) in [5, 5.41) is 5.94. The van der Waals surface area contributed by atoms with Gasteiger partial charge < -0.3 is 15.4 Å². The maximum absolute atomic E-state index is 11.8. The van der Waals surface area contributed by atoms with Gasteiger partial charge in [-0.15, -0.1) is 0 Å². The summed E-state index contributed by atoms with van der Waals surface area (Å²) < 4.78 is 5.59. The van der Waals surface area contributed by atoms with Crippen molar-refractivity contribution in [3.05, 3.63) is 29.8 Å². The van der Waals surface area contributed by atoms with Gasteiger partial charge in [0.2, 0.25) is 0 Å². The summed E-state index contributed by atoms with van der Waals surface area (Å²) in [7, 11) is 0. The fourth-order valence-electron chi connectivity index (χ4n) is 1.74. The molecule has 0 fully saturated rings. The van der Waals surface area contributed by atoms with Crippen molar-refractivity contribution in [1.82, 2.24) is 10.6 Å². The van der Waals surface area contributed by atoms with Crippen molar-refractivity contribution in [1.29, 1.82) is 0 Å². The van der Waals surface area contributed by atoms with Crippen molar-refractivity contribution in [3.63, 3.8) is 0 Å². The van der Waals surface area contributed by atoms with Crippen LogP contribution in [0.3, 0.4) is 0 Å². The van der Waals surface area contributed by atoms with Crippen LogP contribution in [0.25, 0.3) is 0 Å². The summed E-state index contributed by atoms with van der Waals surface area (Å²) >= 11 is 5.05. The van der Waals surface area contributed by atoms with Crippen molar-refractivity contribution < 1.29 is 9.53 Å². The molecule has 0 aliphatic heterocycles. The third kappa shape index (κ3) is 6.58. The lowest BCUT2D eigenvalue weighted by atomic mass is 10.0. The van der Waals surface area contributed by atoms with Gasteiger partial charge in [0.1, 0.15) is 5.75 Å². The molecule has 116 valence electrons. The number of nitrogens with one attached hydrogen (secondary N) is 2. The van der Waals surface area contributed by atoms with Crippen LogP contribution >= 0.6 is 12.2 Å². The maximum atomic E-state index is 11.8. The zero-order valence-corrected chi connectivity index (χ0v) is 13.9. The highest BCUT2D eigenvalue weighted by Crippen LogP contribution is 2.25. The fourth-order valence-corrected chi connectivity index (χ4v) is 1.93. The molecule has 0 radical (unpaired) electrons. The first-order valence-corrected chi connectivity index (χ1v) is 7.60. The van der Waals surface area contributed by atoms with Crippen LogP contribution in [-0.2, 0) is 4.79 Å². The molecule has 1 rings (SSSR count). The molecule has 1 aromatic rings. The molecule has 0 unspecified atom stereocenters. The molecule has 0 aliphatic carbocycles. The predicted octanol–water partition coefficient (Wildman–Crippen LogP) is 2.84. The quantitative estimate of drug-likeness (QED) is 0.794. The molecule has 1 amide bonds. The zero-order chi connectivity index (χ0) is 15.8. The Labute approximate surface area is 132 Å². The van der Waals surface area contributed by atoms with E-state index in [0.29, 0.717) is 16.9 Å². The van der Waals surface area contributed by atoms with Crippen molar-refractivity contribution in [2.45, 2.75) is 33.6 Å². The summed E-state index contributed by atoms with van der Waals surface area (Å²) in [6, 6.07) is 7.74. The van der Waals surface area contributed by atoms with Crippen molar-refractivity contribution in [2.24, 2.45) is 5.92 Å². The SMILES string of the molecule is CC(C)CNC(=S)NC(=O)COc1ccccc1C(C)C. The van der Waals surface area contributed by atoms with E-state index in [1.165, 1.54) is 0 Å². The normalized spacial score (nSPS) is 10.6. The molecule has 0 heterocycles. The molecule has 0 spiro atoms. The lowest BCUT2D eigenvalue weighted by Crippen LogP contribution is -2.42. The van der Waals surface area contributed by atoms with Gasteiger partial charge in [-0.2, -0.15) is 0 Å². The lowest BCUT2D eigenvalue weighted by Gasteiger charge is -2.14. The fraction of sp³-hybridized carbons (Fsp3) is 0.500. The van der Waals surface area contributed by atoms with E-state index in [-0.39, 0.29) is 12.5 Å². The van der Waals surface area contributed by atoms with Gasteiger partial charge in [-0.1, -0.05) is 45.9 Å². The predicted molar refractivity (Wildman–Crippen MR) is 89.6 cm³/mol. The number of hydrogen-bond donors (Lipinski definition) is 2. The number of carbonyl (C=O) groups is 1. The molecule has 0 saturated heterocycles. The van der Waals surface area contributed by atoms with Crippen LogP contribution in [0.2, 0.25) is 0 Å². The molecule has 0 saturated carbocycles. The Morgan fingerprint density at radius 2 is 1.90 bits per heavy atom. The number of rotatable bonds is 6. The molecule has 0 bridgehead atoms. The Morgan fingerprint density at radius 3 is 2.52 bits per heavy atom. The molecule has 2 N–H and O–H groups in total. The summed E-state index contributed by atoms with van der Waals surface area (Å²) in [6.07, 6.45) is 0. The van der Waals surface area contributed by atoms with E-state index in [1.807, 2.05) is 24.3 Å². The maximum Gasteiger partial charge on any atom is 0.264 e. The van der Waals surface area contributed by atoms with Crippen molar-refractivity contribution in [2.75, 3.05) is 13.2 Å². The molecule has 1 aromatic carbocycles. The van der Waals surface area contributed by atoms with Crippen LogP contribution in [0.15, 0.2) is 24.3 Å². The van der Waals surface area contributed by atoms with Gasteiger partial charge in [0.05, 0.1) is 0 Å². The minimum atomic E-state index is -0.255. The molecule has 0 atom stereocenters. The highest BCUT2D eigenvalue weighted by Gasteiger charge is 2.10.